The molecule has 2 unspecified atom stereocenters. The molecule has 0 spiro atoms. The molecule has 0 aromatic heterocycles. The zero-order valence-corrected chi connectivity index (χ0v) is 54.6. The zero-order valence-electron chi connectivity index (χ0n) is 54.6. The second-order valence-corrected chi connectivity index (χ2v) is 25.6. The van der Waals surface area contributed by atoms with Crippen LogP contribution >= 0.6 is 0 Å². The van der Waals surface area contributed by atoms with Gasteiger partial charge in [0.2, 0.25) is 5.91 Å². The maximum absolute atomic E-state index is 12.5. The number of amides is 1. The van der Waals surface area contributed by atoms with E-state index in [9.17, 15) is 19.8 Å². The number of carbonyl (C=O) groups excluding carboxylic acids is 2. The van der Waals surface area contributed by atoms with Gasteiger partial charge in [-0.05, 0) is 32.1 Å². The monoisotopic (exact) mass is 1130 g/mol. The van der Waals surface area contributed by atoms with Crippen LogP contribution in [-0.4, -0.2) is 47.4 Å². The summed E-state index contributed by atoms with van der Waals surface area (Å²) in [5.41, 5.74) is 0. The van der Waals surface area contributed by atoms with Crippen LogP contribution in [0.15, 0.2) is 12.2 Å². The van der Waals surface area contributed by atoms with Crippen LogP contribution in [0.3, 0.4) is 0 Å². The predicted molar refractivity (Wildman–Crippen MR) is 352 cm³/mol. The van der Waals surface area contributed by atoms with Gasteiger partial charge in [-0.25, -0.2) is 0 Å². The average Bonchev–Trinajstić information content (AvgIpc) is 3.46. The van der Waals surface area contributed by atoms with Gasteiger partial charge in [0.1, 0.15) is 0 Å². The Bertz CT molecular complexity index is 1210. The quantitative estimate of drug-likeness (QED) is 0.0320. The van der Waals surface area contributed by atoms with E-state index in [1.807, 2.05) is 6.08 Å². The number of aliphatic hydroxyl groups excluding tert-OH is 2. The summed E-state index contributed by atoms with van der Waals surface area (Å²) in [7, 11) is 0. The van der Waals surface area contributed by atoms with Crippen molar-refractivity contribution < 1.29 is 24.5 Å². The molecule has 0 aliphatic carbocycles. The number of nitrogens with one attached hydrogen (secondary N) is 1. The van der Waals surface area contributed by atoms with Gasteiger partial charge in [-0.3, -0.25) is 9.59 Å². The van der Waals surface area contributed by atoms with Crippen LogP contribution in [-0.2, 0) is 14.3 Å². The lowest BCUT2D eigenvalue weighted by Crippen LogP contribution is -2.45. The summed E-state index contributed by atoms with van der Waals surface area (Å²) in [6, 6.07) is -0.625. The van der Waals surface area contributed by atoms with Crippen molar-refractivity contribution in [2.24, 2.45) is 0 Å². The summed E-state index contributed by atoms with van der Waals surface area (Å²) in [6.07, 6.45) is 87.4. The maximum atomic E-state index is 12.5. The van der Waals surface area contributed by atoms with Crippen LogP contribution in [0.4, 0.5) is 0 Å². The van der Waals surface area contributed by atoms with E-state index in [0.717, 1.165) is 38.5 Å². The highest BCUT2D eigenvalue weighted by Crippen LogP contribution is 2.20. The second kappa shape index (κ2) is 70.1. The molecule has 0 saturated carbocycles. The molecule has 0 heterocycles. The Hall–Kier alpha value is -1.40. The van der Waals surface area contributed by atoms with Crippen molar-refractivity contribution in [1.82, 2.24) is 5.32 Å². The third-order valence-electron chi connectivity index (χ3n) is 17.6. The van der Waals surface area contributed by atoms with Gasteiger partial charge in [-0.1, -0.05) is 392 Å². The topological polar surface area (TPSA) is 95.9 Å². The molecule has 3 N–H and O–H groups in total. The number of esters is 1. The lowest BCUT2D eigenvalue weighted by molar-refractivity contribution is -0.143. The number of aliphatic hydroxyl groups is 2. The van der Waals surface area contributed by atoms with E-state index in [4.69, 9.17) is 4.74 Å². The molecule has 6 heteroatoms. The molecule has 0 aromatic carbocycles. The Labute approximate surface area is 501 Å². The van der Waals surface area contributed by atoms with Crippen molar-refractivity contribution in [3.63, 3.8) is 0 Å². The summed E-state index contributed by atoms with van der Waals surface area (Å²) in [5, 5.41) is 23.2. The van der Waals surface area contributed by atoms with Crippen LogP contribution in [0, 0.1) is 0 Å². The van der Waals surface area contributed by atoms with E-state index in [-0.39, 0.29) is 18.5 Å². The van der Waals surface area contributed by atoms with Crippen molar-refractivity contribution in [3.05, 3.63) is 12.2 Å². The van der Waals surface area contributed by atoms with Gasteiger partial charge >= 0.3 is 5.97 Å². The molecule has 0 aliphatic heterocycles. The molecule has 0 bridgehead atoms. The standard InChI is InChI=1S/C74H145NO5/c1-3-5-7-9-11-13-15-17-19-20-33-36-39-42-46-50-54-58-62-66-72(77)71(70-76)75-73(78)67-63-59-55-51-47-43-40-37-34-31-29-27-25-23-21-22-24-26-28-30-32-35-38-41-45-49-53-57-61-65-69-80-74(79)68-64-60-56-52-48-44-18-16-14-12-10-8-6-4-2/h62,66,71-72,76-77H,3-61,63-65,67-70H2,1-2H3,(H,75,78)/b66-62+. The van der Waals surface area contributed by atoms with Gasteiger partial charge in [0.15, 0.2) is 0 Å². The van der Waals surface area contributed by atoms with E-state index in [1.165, 1.54) is 360 Å². The average molecular weight is 1130 g/mol. The first-order valence-electron chi connectivity index (χ1n) is 37.0. The molecule has 0 radical (unpaired) electrons. The highest BCUT2D eigenvalue weighted by atomic mass is 16.5. The van der Waals surface area contributed by atoms with Gasteiger partial charge in [0.25, 0.3) is 0 Å². The lowest BCUT2D eigenvalue weighted by Gasteiger charge is -2.20. The number of allylic oxidation sites excluding steroid dienone is 1. The van der Waals surface area contributed by atoms with Crippen LogP contribution in [0.2, 0.25) is 0 Å². The Morgan fingerprint density at radius 1 is 0.338 bits per heavy atom. The molecular formula is C74H145NO5. The van der Waals surface area contributed by atoms with Crippen LogP contribution < -0.4 is 5.32 Å². The van der Waals surface area contributed by atoms with Crippen molar-refractivity contribution in [1.29, 1.82) is 0 Å². The minimum absolute atomic E-state index is 0.0231. The second-order valence-electron chi connectivity index (χ2n) is 25.6. The third-order valence-corrected chi connectivity index (χ3v) is 17.6. The largest absolute Gasteiger partial charge is 0.466 e. The molecular weight excluding hydrogens is 983 g/mol. The van der Waals surface area contributed by atoms with E-state index in [0.29, 0.717) is 19.4 Å². The van der Waals surface area contributed by atoms with Gasteiger partial charge in [-0.15, -0.1) is 0 Å². The summed E-state index contributed by atoms with van der Waals surface area (Å²) >= 11 is 0. The molecule has 80 heavy (non-hydrogen) atoms. The fraction of sp³-hybridized carbons (Fsp3) is 0.946. The van der Waals surface area contributed by atoms with Crippen LogP contribution in [0.5, 0.6) is 0 Å². The SMILES string of the molecule is CCCCCCCCCCCCCCCCCCC/C=C/C(O)C(CO)NC(=O)CCCCCCCCCCCCCCCCCCCCCCCCCCCCCCCCOC(=O)CCCCCCCCCCCCCCCC. The summed E-state index contributed by atoms with van der Waals surface area (Å²) in [4.78, 5) is 24.6. The number of rotatable bonds is 70. The number of ether oxygens (including phenoxy) is 1. The molecule has 0 aromatic rings. The molecule has 0 saturated heterocycles. The molecule has 6 nitrogen and oxygen atoms in total. The van der Waals surface area contributed by atoms with Crippen molar-refractivity contribution in [2.75, 3.05) is 13.2 Å². The molecule has 1 amide bonds. The Balaban J connectivity index is 3.34. The van der Waals surface area contributed by atoms with Gasteiger partial charge < -0.3 is 20.3 Å². The molecule has 0 aliphatic rings. The minimum Gasteiger partial charge on any atom is -0.466 e. The van der Waals surface area contributed by atoms with E-state index in [2.05, 4.69) is 19.2 Å². The zero-order chi connectivity index (χ0) is 57.8. The fourth-order valence-electron chi connectivity index (χ4n) is 11.9. The summed E-state index contributed by atoms with van der Waals surface area (Å²) in [6.45, 7) is 4.96. The van der Waals surface area contributed by atoms with Gasteiger partial charge in [0.05, 0.1) is 25.4 Å². The Kier molecular flexibility index (Phi) is 68.9. The normalized spacial score (nSPS) is 12.5. The first-order valence-corrected chi connectivity index (χ1v) is 37.0. The molecule has 2 atom stereocenters. The van der Waals surface area contributed by atoms with Crippen LogP contribution in [0.25, 0.3) is 0 Å². The van der Waals surface area contributed by atoms with E-state index in [1.54, 1.807) is 6.08 Å². The highest BCUT2D eigenvalue weighted by molar-refractivity contribution is 5.76. The Morgan fingerprint density at radius 2 is 0.575 bits per heavy atom. The smallest absolute Gasteiger partial charge is 0.305 e. The Morgan fingerprint density at radius 3 is 0.850 bits per heavy atom. The first-order chi connectivity index (χ1) is 39.5. The van der Waals surface area contributed by atoms with Crippen molar-refractivity contribution in [3.8, 4) is 0 Å². The fourth-order valence-corrected chi connectivity index (χ4v) is 11.9. The summed E-state index contributed by atoms with van der Waals surface area (Å²) < 4.78 is 5.50. The third kappa shape index (κ3) is 65.7. The molecule has 0 fully saturated rings. The first kappa shape index (κ1) is 78.6. The number of carbonyl (C=O) groups is 2. The van der Waals surface area contributed by atoms with E-state index >= 15 is 0 Å². The maximum Gasteiger partial charge on any atom is 0.305 e. The van der Waals surface area contributed by atoms with Crippen molar-refractivity contribution in [2.45, 2.75) is 437 Å². The summed E-state index contributed by atoms with van der Waals surface area (Å²) in [5.74, 6) is -0.0365. The minimum atomic E-state index is -0.842. The number of hydrogen-bond acceptors (Lipinski definition) is 5. The van der Waals surface area contributed by atoms with Crippen LogP contribution in [0.1, 0.15) is 425 Å². The number of unbranched alkanes of at least 4 members (excludes halogenated alkanes) is 59. The van der Waals surface area contributed by atoms with Crippen molar-refractivity contribution >= 4 is 11.9 Å². The van der Waals surface area contributed by atoms with Gasteiger partial charge in [-0.2, -0.15) is 0 Å². The molecule has 476 valence electrons. The molecule has 0 rings (SSSR count). The van der Waals surface area contributed by atoms with Gasteiger partial charge in [0, 0.05) is 12.8 Å². The predicted octanol–water partition coefficient (Wildman–Crippen LogP) is 23.9. The lowest BCUT2D eigenvalue weighted by atomic mass is 10.0. The highest BCUT2D eigenvalue weighted by Gasteiger charge is 2.18. The number of hydrogen-bond donors (Lipinski definition) is 3. The van der Waals surface area contributed by atoms with E-state index < -0.39 is 12.1 Å².